The molecule has 0 aromatic rings. The van der Waals surface area contributed by atoms with Crippen LogP contribution >= 0.6 is 0 Å². The van der Waals surface area contributed by atoms with E-state index in [9.17, 15) is 9.59 Å². The van der Waals surface area contributed by atoms with Gasteiger partial charge < -0.3 is 9.80 Å². The number of rotatable bonds is 0. The smallest absolute Gasteiger partial charge is 0.308 e. The van der Waals surface area contributed by atoms with E-state index in [0.717, 1.165) is 0 Å². The molecule has 0 aromatic heterocycles. The summed E-state index contributed by atoms with van der Waals surface area (Å²) in [5.41, 5.74) is 0. The van der Waals surface area contributed by atoms with Crippen molar-refractivity contribution >= 4 is 12.1 Å². The van der Waals surface area contributed by atoms with Gasteiger partial charge in [0, 0.05) is 14.1 Å². The minimum Gasteiger partial charge on any atom is -0.308 e. The van der Waals surface area contributed by atoms with E-state index >= 15 is 0 Å². The van der Waals surface area contributed by atoms with E-state index in [-0.39, 0.29) is 11.7 Å². The summed E-state index contributed by atoms with van der Waals surface area (Å²) >= 11 is 0. The summed E-state index contributed by atoms with van der Waals surface area (Å²) in [5, 5.41) is 8.92. The van der Waals surface area contributed by atoms with E-state index in [2.05, 4.69) is 0 Å². The lowest BCUT2D eigenvalue weighted by molar-refractivity contribution is -0.0486. The van der Waals surface area contributed by atoms with Crippen LogP contribution in [0.4, 0.5) is 9.59 Å². The fourth-order valence-corrected chi connectivity index (χ4v) is 0.844. The minimum absolute atomic E-state index is 0.0868. The van der Waals surface area contributed by atoms with E-state index in [0.29, 0.717) is 0 Å². The maximum Gasteiger partial charge on any atom is 0.353 e. The van der Waals surface area contributed by atoms with Gasteiger partial charge in [-0.25, -0.2) is 9.59 Å². The van der Waals surface area contributed by atoms with E-state index in [1.807, 2.05) is 0 Å². The second-order valence-electron chi connectivity index (χ2n) is 2.41. The molecule has 11 heavy (non-hydrogen) atoms. The van der Waals surface area contributed by atoms with Crippen molar-refractivity contribution in [3.63, 3.8) is 0 Å². The highest BCUT2D eigenvalue weighted by Crippen LogP contribution is 2.05. The van der Waals surface area contributed by atoms with Crippen LogP contribution in [0.5, 0.6) is 0 Å². The van der Waals surface area contributed by atoms with E-state index < -0.39 is 12.1 Å². The molecule has 62 valence electrons. The maximum absolute atomic E-state index is 10.8. The molecule has 1 aliphatic heterocycles. The van der Waals surface area contributed by atoms with Gasteiger partial charge in [0.05, 0.1) is 6.67 Å². The molecule has 0 aliphatic carbocycles. The number of carbonyl (C=O) groups is 2. The number of imide groups is 1. The molecule has 6 heteroatoms. The van der Waals surface area contributed by atoms with Crippen molar-refractivity contribution in [3.05, 3.63) is 0 Å². The van der Waals surface area contributed by atoms with Crippen LogP contribution in [0.2, 0.25) is 0 Å². The Hall–Kier alpha value is -1.30. The quantitative estimate of drug-likeness (QED) is 0.496. The van der Waals surface area contributed by atoms with E-state index in [1.165, 1.54) is 23.9 Å². The molecule has 1 rings (SSSR count). The Labute approximate surface area is 63.5 Å². The van der Waals surface area contributed by atoms with Gasteiger partial charge in [-0.2, -0.15) is 0 Å². The highest BCUT2D eigenvalue weighted by Gasteiger charge is 2.32. The Kier molecular flexibility index (Phi) is 1.69. The van der Waals surface area contributed by atoms with Crippen LogP contribution in [-0.2, 0) is 0 Å². The lowest BCUT2D eigenvalue weighted by Crippen LogP contribution is -2.57. The zero-order valence-electron chi connectivity index (χ0n) is 6.31. The van der Waals surface area contributed by atoms with Crippen molar-refractivity contribution in [2.45, 2.75) is 0 Å². The fraction of sp³-hybridized carbons (Fsp3) is 0.600. The third-order valence-electron chi connectivity index (χ3n) is 1.44. The standard InChI is InChI=1S/C5H9N3O3/c1-6-3-7(2)5(10)8(11)4(6)9/h11H,3H2,1-2H3. The van der Waals surface area contributed by atoms with Crippen molar-refractivity contribution < 1.29 is 14.8 Å². The summed E-state index contributed by atoms with van der Waals surface area (Å²) in [6.45, 7) is 0.203. The van der Waals surface area contributed by atoms with Crippen molar-refractivity contribution in [2.24, 2.45) is 0 Å². The number of hydrogen-bond donors (Lipinski definition) is 1. The Balaban J connectivity index is 2.79. The lowest BCUT2D eigenvalue weighted by atomic mass is 10.6. The van der Waals surface area contributed by atoms with Crippen LogP contribution in [0.3, 0.4) is 0 Å². The van der Waals surface area contributed by atoms with Gasteiger partial charge in [0.2, 0.25) is 0 Å². The van der Waals surface area contributed by atoms with Crippen LogP contribution in [0.25, 0.3) is 0 Å². The van der Waals surface area contributed by atoms with Gasteiger partial charge in [-0.1, -0.05) is 0 Å². The molecule has 4 amide bonds. The van der Waals surface area contributed by atoms with Gasteiger partial charge in [-0.05, 0) is 0 Å². The number of carbonyl (C=O) groups excluding carboxylic acids is 2. The average Bonchev–Trinajstić information content (AvgIpc) is 1.97. The first-order valence-electron chi connectivity index (χ1n) is 3.03. The van der Waals surface area contributed by atoms with Gasteiger partial charge in [0.1, 0.15) is 0 Å². The Morgan fingerprint density at radius 2 is 1.55 bits per heavy atom. The first kappa shape index (κ1) is 7.80. The third-order valence-corrected chi connectivity index (χ3v) is 1.44. The van der Waals surface area contributed by atoms with Crippen LogP contribution in [0, 0.1) is 0 Å². The molecule has 1 N–H and O–H groups in total. The SMILES string of the molecule is CN1CN(C)C(=O)N(O)C1=O. The molecular weight excluding hydrogens is 150 g/mol. The van der Waals surface area contributed by atoms with Gasteiger partial charge in [-0.15, -0.1) is 5.06 Å². The average molecular weight is 159 g/mol. The number of nitrogens with zero attached hydrogens (tertiary/aromatic N) is 3. The summed E-state index contributed by atoms with van der Waals surface area (Å²) in [7, 11) is 2.99. The first-order chi connectivity index (χ1) is 5.04. The molecule has 1 saturated heterocycles. The number of hydroxylamine groups is 2. The molecule has 0 bridgehead atoms. The second kappa shape index (κ2) is 2.39. The fourth-order valence-electron chi connectivity index (χ4n) is 0.844. The Bertz CT molecular complexity index is 185. The summed E-state index contributed by atoms with van der Waals surface area (Å²) in [4.78, 5) is 24.1. The van der Waals surface area contributed by atoms with Crippen LogP contribution in [0.15, 0.2) is 0 Å². The highest BCUT2D eigenvalue weighted by molar-refractivity contribution is 5.93. The van der Waals surface area contributed by atoms with Gasteiger partial charge in [0.15, 0.2) is 0 Å². The predicted octanol–water partition coefficient (Wildman–Crippen LogP) is -0.248. The normalized spacial score (nSPS) is 19.7. The van der Waals surface area contributed by atoms with Crippen molar-refractivity contribution in [1.82, 2.24) is 14.9 Å². The molecule has 0 spiro atoms. The van der Waals surface area contributed by atoms with Gasteiger partial charge in [-0.3, -0.25) is 5.21 Å². The number of amides is 4. The maximum atomic E-state index is 10.8. The number of urea groups is 2. The molecule has 1 fully saturated rings. The predicted molar refractivity (Wildman–Crippen MR) is 34.8 cm³/mol. The number of hydrogen-bond acceptors (Lipinski definition) is 3. The largest absolute Gasteiger partial charge is 0.353 e. The van der Waals surface area contributed by atoms with Crippen LogP contribution in [0.1, 0.15) is 0 Å². The minimum atomic E-state index is -0.701. The summed E-state index contributed by atoms with van der Waals surface area (Å²) < 4.78 is 0. The summed E-state index contributed by atoms with van der Waals surface area (Å²) in [6, 6.07) is -1.40. The van der Waals surface area contributed by atoms with Gasteiger partial charge >= 0.3 is 12.1 Å². The molecule has 0 atom stereocenters. The third kappa shape index (κ3) is 1.12. The van der Waals surface area contributed by atoms with E-state index in [1.54, 1.807) is 0 Å². The lowest BCUT2D eigenvalue weighted by Gasteiger charge is -2.33. The highest BCUT2D eigenvalue weighted by atomic mass is 16.5. The van der Waals surface area contributed by atoms with Crippen LogP contribution < -0.4 is 0 Å². The monoisotopic (exact) mass is 159 g/mol. The van der Waals surface area contributed by atoms with Crippen molar-refractivity contribution in [3.8, 4) is 0 Å². The first-order valence-corrected chi connectivity index (χ1v) is 3.03. The molecule has 6 nitrogen and oxygen atoms in total. The molecular formula is C5H9N3O3. The summed E-state index contributed by atoms with van der Waals surface area (Å²) in [6.07, 6.45) is 0. The Morgan fingerprint density at radius 3 is 1.91 bits per heavy atom. The molecule has 0 saturated carbocycles. The van der Waals surface area contributed by atoms with Crippen molar-refractivity contribution in [1.29, 1.82) is 0 Å². The molecule has 0 radical (unpaired) electrons. The van der Waals surface area contributed by atoms with Gasteiger partial charge in [0.25, 0.3) is 0 Å². The second-order valence-corrected chi connectivity index (χ2v) is 2.41. The van der Waals surface area contributed by atoms with E-state index in [4.69, 9.17) is 5.21 Å². The molecule has 0 aromatic carbocycles. The molecule has 1 aliphatic rings. The zero-order valence-corrected chi connectivity index (χ0v) is 6.31. The topological polar surface area (TPSA) is 64.1 Å². The Morgan fingerprint density at radius 1 is 1.18 bits per heavy atom. The van der Waals surface area contributed by atoms with Crippen LogP contribution in [-0.4, -0.2) is 52.9 Å². The summed E-state index contributed by atoms with van der Waals surface area (Å²) in [5.74, 6) is 0. The zero-order chi connectivity index (χ0) is 8.59. The van der Waals surface area contributed by atoms with Crippen molar-refractivity contribution in [2.75, 3.05) is 20.8 Å². The molecule has 1 heterocycles. The molecule has 0 unspecified atom stereocenters.